The Labute approximate surface area is 105 Å². The van der Waals surface area contributed by atoms with Crippen molar-refractivity contribution in [3.63, 3.8) is 0 Å². The summed E-state index contributed by atoms with van der Waals surface area (Å²) < 4.78 is 5.01. The van der Waals surface area contributed by atoms with Crippen molar-refractivity contribution in [3.8, 4) is 0 Å². The predicted molar refractivity (Wildman–Crippen MR) is 69.5 cm³/mol. The lowest BCUT2D eigenvalue weighted by Gasteiger charge is -2.33. The molecular weight excluding hydrogens is 214 g/mol. The molecule has 17 heavy (non-hydrogen) atoms. The third-order valence-corrected chi connectivity index (χ3v) is 4.22. The molecule has 3 nitrogen and oxygen atoms in total. The van der Waals surface area contributed by atoms with Crippen LogP contribution in [0, 0.1) is 17.3 Å². The first-order valence-corrected chi connectivity index (χ1v) is 6.90. The third-order valence-electron chi connectivity index (χ3n) is 4.22. The first-order chi connectivity index (χ1) is 8.11. The van der Waals surface area contributed by atoms with E-state index in [1.54, 1.807) is 0 Å². The Balaban J connectivity index is 2.76. The van der Waals surface area contributed by atoms with E-state index >= 15 is 0 Å². The summed E-state index contributed by atoms with van der Waals surface area (Å²) in [6.45, 7) is 4.79. The van der Waals surface area contributed by atoms with Gasteiger partial charge in [-0.2, -0.15) is 0 Å². The van der Waals surface area contributed by atoms with E-state index in [0.29, 0.717) is 18.4 Å². The smallest absolute Gasteiger partial charge is 0.313 e. The molecule has 1 aliphatic carbocycles. The summed E-state index contributed by atoms with van der Waals surface area (Å²) in [7, 11) is 1.48. The normalized spacial score (nSPS) is 19.1. The van der Waals surface area contributed by atoms with E-state index < -0.39 is 5.41 Å². The Morgan fingerprint density at radius 1 is 1.41 bits per heavy atom. The average Bonchev–Trinajstić information content (AvgIpc) is 3.17. The highest BCUT2D eigenvalue weighted by molar-refractivity contribution is 5.77. The van der Waals surface area contributed by atoms with Crippen LogP contribution in [0.5, 0.6) is 0 Å². The fraction of sp³-hybridized carbons (Fsp3) is 0.929. The highest BCUT2D eigenvalue weighted by Crippen LogP contribution is 2.44. The average molecular weight is 241 g/mol. The van der Waals surface area contributed by atoms with Crippen LogP contribution >= 0.6 is 0 Å². The van der Waals surface area contributed by atoms with Gasteiger partial charge in [-0.25, -0.2) is 0 Å². The van der Waals surface area contributed by atoms with E-state index in [9.17, 15) is 4.79 Å². The topological polar surface area (TPSA) is 52.3 Å². The first kappa shape index (κ1) is 14.5. The molecule has 1 saturated carbocycles. The van der Waals surface area contributed by atoms with Crippen molar-refractivity contribution in [2.45, 2.75) is 52.4 Å². The summed E-state index contributed by atoms with van der Waals surface area (Å²) in [4.78, 5) is 12.1. The Hall–Kier alpha value is -0.570. The molecule has 0 spiro atoms. The Kier molecular flexibility index (Phi) is 5.44. The first-order valence-electron chi connectivity index (χ1n) is 6.90. The summed E-state index contributed by atoms with van der Waals surface area (Å²) in [6, 6.07) is 0. The highest BCUT2D eigenvalue weighted by atomic mass is 16.5. The van der Waals surface area contributed by atoms with Gasteiger partial charge < -0.3 is 10.5 Å². The number of hydrogen-bond acceptors (Lipinski definition) is 3. The Bertz CT molecular complexity index is 247. The van der Waals surface area contributed by atoms with Gasteiger partial charge in [0.05, 0.1) is 12.5 Å². The molecule has 0 heterocycles. The molecule has 0 aromatic heterocycles. The molecular formula is C14H27NO2. The van der Waals surface area contributed by atoms with E-state index in [2.05, 4.69) is 13.8 Å². The van der Waals surface area contributed by atoms with Gasteiger partial charge in [0.2, 0.25) is 0 Å². The van der Waals surface area contributed by atoms with Crippen molar-refractivity contribution in [2.75, 3.05) is 13.7 Å². The number of hydrogen-bond donors (Lipinski definition) is 1. The summed E-state index contributed by atoms with van der Waals surface area (Å²) >= 11 is 0. The van der Waals surface area contributed by atoms with E-state index in [0.717, 1.165) is 25.7 Å². The van der Waals surface area contributed by atoms with Crippen LogP contribution in [-0.4, -0.2) is 19.6 Å². The van der Waals surface area contributed by atoms with Crippen LogP contribution in [-0.2, 0) is 9.53 Å². The van der Waals surface area contributed by atoms with Crippen molar-refractivity contribution in [3.05, 3.63) is 0 Å². The van der Waals surface area contributed by atoms with Crippen LogP contribution in [0.25, 0.3) is 0 Å². The van der Waals surface area contributed by atoms with E-state index in [1.807, 2.05) is 0 Å². The number of esters is 1. The number of ether oxygens (including phenoxy) is 1. The second kappa shape index (κ2) is 6.39. The maximum atomic E-state index is 12.1. The van der Waals surface area contributed by atoms with Gasteiger partial charge in [-0.15, -0.1) is 0 Å². The van der Waals surface area contributed by atoms with Gasteiger partial charge >= 0.3 is 5.97 Å². The zero-order valence-electron chi connectivity index (χ0n) is 11.5. The lowest BCUT2D eigenvalue weighted by Crippen LogP contribution is -2.41. The maximum absolute atomic E-state index is 12.1. The second-order valence-electron chi connectivity index (χ2n) is 5.51. The molecule has 1 rings (SSSR count). The van der Waals surface area contributed by atoms with Crippen LogP contribution < -0.4 is 5.73 Å². The zero-order valence-corrected chi connectivity index (χ0v) is 11.5. The Morgan fingerprint density at radius 2 is 2.00 bits per heavy atom. The van der Waals surface area contributed by atoms with Crippen molar-refractivity contribution >= 4 is 5.97 Å². The SMILES string of the molecule is CCC(CC)CC(CN)(CC1CC1)C(=O)OC. The molecule has 0 aromatic carbocycles. The second-order valence-corrected chi connectivity index (χ2v) is 5.51. The third kappa shape index (κ3) is 3.70. The number of methoxy groups -OCH3 is 1. The lowest BCUT2D eigenvalue weighted by atomic mass is 9.74. The molecule has 2 N–H and O–H groups in total. The molecule has 100 valence electrons. The number of rotatable bonds is 8. The summed E-state index contributed by atoms with van der Waals surface area (Å²) in [5.41, 5.74) is 5.49. The van der Waals surface area contributed by atoms with E-state index in [-0.39, 0.29) is 5.97 Å². The maximum Gasteiger partial charge on any atom is 0.313 e. The van der Waals surface area contributed by atoms with Gasteiger partial charge in [0.15, 0.2) is 0 Å². The van der Waals surface area contributed by atoms with Crippen LogP contribution in [0.1, 0.15) is 52.4 Å². The number of nitrogens with two attached hydrogens (primary N) is 1. The molecule has 1 aliphatic rings. The van der Waals surface area contributed by atoms with Gasteiger partial charge in [0, 0.05) is 6.54 Å². The van der Waals surface area contributed by atoms with Crippen molar-refractivity contribution in [2.24, 2.45) is 23.0 Å². The van der Waals surface area contributed by atoms with Crippen LogP contribution in [0.15, 0.2) is 0 Å². The van der Waals surface area contributed by atoms with E-state index in [4.69, 9.17) is 10.5 Å². The standard InChI is InChI=1S/C14H27NO2/c1-4-11(5-2)8-14(10-15,13(16)17-3)9-12-6-7-12/h11-12H,4-10,15H2,1-3H3. The largest absolute Gasteiger partial charge is 0.469 e. The summed E-state index contributed by atoms with van der Waals surface area (Å²) in [5, 5.41) is 0. The quantitative estimate of drug-likeness (QED) is 0.665. The van der Waals surface area contributed by atoms with Crippen molar-refractivity contribution in [1.29, 1.82) is 0 Å². The molecule has 3 heteroatoms. The fourth-order valence-electron chi connectivity index (χ4n) is 2.72. The fourth-order valence-corrected chi connectivity index (χ4v) is 2.72. The predicted octanol–water partition coefficient (Wildman–Crippen LogP) is 2.73. The lowest BCUT2D eigenvalue weighted by molar-refractivity contribution is -0.154. The van der Waals surface area contributed by atoms with Gasteiger partial charge in [-0.05, 0) is 24.7 Å². The highest BCUT2D eigenvalue weighted by Gasteiger charge is 2.43. The van der Waals surface area contributed by atoms with Crippen LogP contribution in [0.3, 0.4) is 0 Å². The van der Waals surface area contributed by atoms with Gasteiger partial charge in [0.1, 0.15) is 0 Å². The molecule has 0 aromatic rings. The van der Waals surface area contributed by atoms with Gasteiger partial charge in [0.25, 0.3) is 0 Å². The molecule has 1 atom stereocenters. The molecule has 0 saturated heterocycles. The zero-order chi connectivity index (χ0) is 12.9. The number of carbonyl (C=O) groups is 1. The monoisotopic (exact) mass is 241 g/mol. The van der Waals surface area contributed by atoms with Gasteiger partial charge in [-0.3, -0.25) is 4.79 Å². The van der Waals surface area contributed by atoms with Crippen LogP contribution in [0.2, 0.25) is 0 Å². The minimum atomic E-state index is -0.424. The van der Waals surface area contributed by atoms with E-state index in [1.165, 1.54) is 20.0 Å². The molecule has 1 fully saturated rings. The van der Waals surface area contributed by atoms with Crippen molar-refractivity contribution < 1.29 is 9.53 Å². The summed E-state index contributed by atoms with van der Waals surface area (Å²) in [5.74, 6) is 1.18. The molecule has 0 radical (unpaired) electrons. The molecule has 0 amide bonds. The van der Waals surface area contributed by atoms with Crippen LogP contribution in [0.4, 0.5) is 0 Å². The Morgan fingerprint density at radius 3 is 2.35 bits per heavy atom. The molecule has 0 aliphatic heterocycles. The minimum Gasteiger partial charge on any atom is -0.469 e. The minimum absolute atomic E-state index is 0.0983. The molecule has 0 bridgehead atoms. The molecule has 1 unspecified atom stereocenters. The van der Waals surface area contributed by atoms with Gasteiger partial charge in [-0.1, -0.05) is 39.5 Å². The van der Waals surface area contributed by atoms with Crippen molar-refractivity contribution in [1.82, 2.24) is 0 Å². The summed E-state index contributed by atoms with van der Waals surface area (Å²) in [6.07, 6.45) is 6.54. The number of carbonyl (C=O) groups excluding carboxylic acids is 1.